The minimum atomic E-state index is 0.367. The summed E-state index contributed by atoms with van der Waals surface area (Å²) in [5.74, 6) is 1.38. The summed E-state index contributed by atoms with van der Waals surface area (Å²) in [6, 6.07) is 1.80. The lowest BCUT2D eigenvalue weighted by molar-refractivity contribution is 0.208. The minimum absolute atomic E-state index is 0.367. The highest BCUT2D eigenvalue weighted by atomic mass is 32.1. The first kappa shape index (κ1) is 12.3. The number of thiocarbonyl (C=S) groups is 1. The zero-order valence-electron chi connectivity index (χ0n) is 9.89. The van der Waals surface area contributed by atoms with Crippen LogP contribution < -0.4 is 10.5 Å². The van der Waals surface area contributed by atoms with E-state index in [9.17, 15) is 0 Å². The maximum absolute atomic E-state index is 5.81. The second-order valence-electron chi connectivity index (χ2n) is 4.55. The van der Waals surface area contributed by atoms with Crippen molar-refractivity contribution in [2.45, 2.75) is 32.1 Å². The largest absolute Gasteiger partial charge is 0.491 e. The van der Waals surface area contributed by atoms with E-state index >= 15 is 0 Å². The van der Waals surface area contributed by atoms with E-state index in [1.165, 1.54) is 32.1 Å². The molecule has 1 fully saturated rings. The molecule has 0 aliphatic heterocycles. The van der Waals surface area contributed by atoms with Crippen molar-refractivity contribution in [3.8, 4) is 5.75 Å². The highest BCUT2D eigenvalue weighted by Crippen LogP contribution is 2.25. The predicted octanol–water partition coefficient (Wildman–Crippen LogP) is 2.67. The Morgan fingerprint density at radius 1 is 1.41 bits per heavy atom. The Bertz CT molecular complexity index is 389. The number of rotatable bonds is 4. The molecule has 1 aliphatic carbocycles. The SMILES string of the molecule is NC(=S)c1ccncc1OCC1CCCCC1. The molecule has 0 aromatic carbocycles. The molecular weight excluding hydrogens is 232 g/mol. The summed E-state index contributed by atoms with van der Waals surface area (Å²) in [5, 5.41) is 0. The van der Waals surface area contributed by atoms with Crippen LogP contribution in [0.25, 0.3) is 0 Å². The molecule has 4 heteroatoms. The van der Waals surface area contributed by atoms with E-state index in [0.717, 1.165) is 12.2 Å². The van der Waals surface area contributed by atoms with Crippen LogP contribution in [0.15, 0.2) is 18.5 Å². The molecule has 0 amide bonds. The summed E-state index contributed by atoms with van der Waals surface area (Å²) < 4.78 is 5.81. The average Bonchev–Trinajstić information content (AvgIpc) is 2.38. The first-order valence-electron chi connectivity index (χ1n) is 6.14. The molecule has 1 heterocycles. The molecule has 0 unspecified atom stereocenters. The van der Waals surface area contributed by atoms with Crippen molar-refractivity contribution >= 4 is 17.2 Å². The van der Waals surface area contributed by atoms with Crippen molar-refractivity contribution in [3.05, 3.63) is 24.0 Å². The van der Waals surface area contributed by atoms with Crippen LogP contribution in [0.2, 0.25) is 0 Å². The van der Waals surface area contributed by atoms with Crippen LogP contribution in [0.3, 0.4) is 0 Å². The van der Waals surface area contributed by atoms with Gasteiger partial charge in [-0.25, -0.2) is 0 Å². The third kappa shape index (κ3) is 3.40. The third-order valence-corrected chi connectivity index (χ3v) is 3.47. The molecule has 1 aromatic rings. The molecule has 0 saturated heterocycles. The van der Waals surface area contributed by atoms with Crippen molar-refractivity contribution in [2.75, 3.05) is 6.61 Å². The summed E-state index contributed by atoms with van der Waals surface area (Å²) in [6.07, 6.45) is 9.92. The lowest BCUT2D eigenvalue weighted by Gasteiger charge is -2.22. The molecule has 2 rings (SSSR count). The van der Waals surface area contributed by atoms with Crippen molar-refractivity contribution in [3.63, 3.8) is 0 Å². The van der Waals surface area contributed by atoms with Crippen LogP contribution in [-0.4, -0.2) is 16.6 Å². The Balaban J connectivity index is 1.96. The number of nitrogens with zero attached hydrogens (tertiary/aromatic N) is 1. The van der Waals surface area contributed by atoms with Gasteiger partial charge in [-0.15, -0.1) is 0 Å². The number of nitrogens with two attached hydrogens (primary N) is 1. The van der Waals surface area contributed by atoms with Gasteiger partial charge in [-0.1, -0.05) is 31.5 Å². The Kier molecular flexibility index (Phi) is 4.31. The zero-order valence-corrected chi connectivity index (χ0v) is 10.7. The van der Waals surface area contributed by atoms with Crippen LogP contribution in [0, 0.1) is 5.92 Å². The number of pyridine rings is 1. The lowest BCUT2D eigenvalue weighted by Crippen LogP contribution is -2.17. The van der Waals surface area contributed by atoms with Gasteiger partial charge >= 0.3 is 0 Å². The third-order valence-electron chi connectivity index (χ3n) is 3.25. The molecule has 17 heavy (non-hydrogen) atoms. The van der Waals surface area contributed by atoms with Gasteiger partial charge in [0, 0.05) is 6.20 Å². The fraction of sp³-hybridized carbons (Fsp3) is 0.538. The smallest absolute Gasteiger partial charge is 0.147 e. The zero-order chi connectivity index (χ0) is 12.1. The van der Waals surface area contributed by atoms with E-state index in [2.05, 4.69) is 4.98 Å². The predicted molar refractivity (Wildman–Crippen MR) is 72.2 cm³/mol. The maximum Gasteiger partial charge on any atom is 0.147 e. The number of hydrogen-bond donors (Lipinski definition) is 1. The van der Waals surface area contributed by atoms with Gasteiger partial charge in [-0.3, -0.25) is 4.98 Å². The Morgan fingerprint density at radius 2 is 2.18 bits per heavy atom. The van der Waals surface area contributed by atoms with Crippen LogP contribution in [0.5, 0.6) is 5.75 Å². The topological polar surface area (TPSA) is 48.1 Å². The second-order valence-corrected chi connectivity index (χ2v) is 4.99. The van der Waals surface area contributed by atoms with Crippen LogP contribution in [0.1, 0.15) is 37.7 Å². The van der Waals surface area contributed by atoms with Gasteiger partial charge in [0.15, 0.2) is 0 Å². The summed E-state index contributed by atoms with van der Waals surface area (Å²) >= 11 is 4.99. The standard InChI is InChI=1S/C13H18N2OS/c14-13(17)11-6-7-15-8-12(11)16-9-10-4-2-1-3-5-10/h6-8,10H,1-5,9H2,(H2,14,17). The van der Waals surface area contributed by atoms with Crippen molar-refractivity contribution < 1.29 is 4.74 Å². The van der Waals surface area contributed by atoms with Crippen molar-refractivity contribution in [2.24, 2.45) is 11.7 Å². The van der Waals surface area contributed by atoms with E-state index in [4.69, 9.17) is 22.7 Å². The van der Waals surface area contributed by atoms with E-state index in [0.29, 0.717) is 16.7 Å². The Labute approximate surface area is 107 Å². The highest BCUT2D eigenvalue weighted by Gasteiger charge is 2.15. The van der Waals surface area contributed by atoms with Gasteiger partial charge in [-0.2, -0.15) is 0 Å². The Hall–Kier alpha value is -1.16. The van der Waals surface area contributed by atoms with Gasteiger partial charge in [0.25, 0.3) is 0 Å². The molecule has 1 aliphatic rings. The molecule has 0 spiro atoms. The summed E-state index contributed by atoms with van der Waals surface area (Å²) in [5.41, 5.74) is 6.43. The van der Waals surface area contributed by atoms with Crippen LogP contribution >= 0.6 is 12.2 Å². The molecule has 0 bridgehead atoms. The van der Waals surface area contributed by atoms with Gasteiger partial charge in [0.2, 0.25) is 0 Å². The molecule has 0 atom stereocenters. The van der Waals surface area contributed by atoms with Gasteiger partial charge < -0.3 is 10.5 Å². The fourth-order valence-corrected chi connectivity index (χ4v) is 2.43. The van der Waals surface area contributed by atoms with Crippen molar-refractivity contribution in [1.29, 1.82) is 0 Å². The fourth-order valence-electron chi connectivity index (χ4n) is 2.26. The molecular formula is C13H18N2OS. The molecule has 3 nitrogen and oxygen atoms in total. The molecule has 92 valence electrons. The minimum Gasteiger partial charge on any atom is -0.491 e. The summed E-state index contributed by atoms with van der Waals surface area (Å²) in [6.45, 7) is 0.751. The average molecular weight is 250 g/mol. The summed E-state index contributed by atoms with van der Waals surface area (Å²) in [7, 11) is 0. The number of ether oxygens (including phenoxy) is 1. The van der Waals surface area contributed by atoms with E-state index in [1.54, 1.807) is 18.5 Å². The Morgan fingerprint density at radius 3 is 2.88 bits per heavy atom. The van der Waals surface area contributed by atoms with Gasteiger partial charge in [-0.05, 0) is 24.8 Å². The van der Waals surface area contributed by atoms with Crippen LogP contribution in [0.4, 0.5) is 0 Å². The van der Waals surface area contributed by atoms with Gasteiger partial charge in [0.1, 0.15) is 10.7 Å². The van der Waals surface area contributed by atoms with Crippen molar-refractivity contribution in [1.82, 2.24) is 4.98 Å². The van der Waals surface area contributed by atoms with E-state index in [-0.39, 0.29) is 0 Å². The highest BCUT2D eigenvalue weighted by molar-refractivity contribution is 7.80. The number of hydrogen-bond acceptors (Lipinski definition) is 3. The van der Waals surface area contributed by atoms with E-state index in [1.807, 2.05) is 0 Å². The van der Waals surface area contributed by atoms with E-state index < -0.39 is 0 Å². The lowest BCUT2D eigenvalue weighted by atomic mass is 9.90. The first-order chi connectivity index (χ1) is 8.27. The first-order valence-corrected chi connectivity index (χ1v) is 6.55. The number of aromatic nitrogens is 1. The summed E-state index contributed by atoms with van der Waals surface area (Å²) in [4.78, 5) is 4.42. The normalized spacial score (nSPS) is 16.7. The molecule has 0 radical (unpaired) electrons. The molecule has 1 aromatic heterocycles. The quantitative estimate of drug-likeness (QED) is 0.835. The van der Waals surface area contributed by atoms with Gasteiger partial charge in [0.05, 0.1) is 18.4 Å². The molecule has 1 saturated carbocycles. The second kappa shape index (κ2) is 5.96. The van der Waals surface area contributed by atoms with Crippen LogP contribution in [-0.2, 0) is 0 Å². The molecule has 2 N–H and O–H groups in total. The maximum atomic E-state index is 5.81. The monoisotopic (exact) mass is 250 g/mol.